The molecule has 1 unspecified atom stereocenters. The third-order valence-electron chi connectivity index (χ3n) is 9.92. The maximum atomic E-state index is 9.42. The summed E-state index contributed by atoms with van der Waals surface area (Å²) in [5.41, 5.74) is 10.2. The first-order chi connectivity index (χ1) is 25.7. The molecule has 0 fully saturated rings. The molecule has 3 heterocycles. The van der Waals surface area contributed by atoms with Crippen molar-refractivity contribution in [3.63, 3.8) is 0 Å². The highest BCUT2D eigenvalue weighted by atomic mass is 16.3. The van der Waals surface area contributed by atoms with E-state index in [4.69, 9.17) is 23.8 Å². The number of para-hydroxylation sites is 2. The van der Waals surface area contributed by atoms with Gasteiger partial charge < -0.3 is 8.83 Å². The Morgan fingerprint density at radius 3 is 1.77 bits per heavy atom. The molecule has 0 radical (unpaired) electrons. The largest absolute Gasteiger partial charge is 0.456 e. The Morgan fingerprint density at radius 2 is 1.08 bits per heavy atom. The average molecular weight is 669 g/mol. The standard InChI is InChI=1S/C46H28N4O2/c47-27-28-14-16-30(17-15-28)45-48-44(29-8-2-1-3-9-29)49-46(50-45)35-23-33(31-18-20-42-38(25-31)36-10-4-6-12-40(36)51-42)22-34(24-35)32-19-21-43-39(26-32)37-11-5-7-13-41(37)52-43/h1-21,23-26,33H,22H2. The van der Waals surface area contributed by atoms with Gasteiger partial charge in [0.15, 0.2) is 17.5 Å². The number of nitrogens with zero attached hydrogens (tertiary/aromatic N) is 4. The van der Waals surface area contributed by atoms with Crippen molar-refractivity contribution in [3.05, 3.63) is 174 Å². The molecule has 1 aliphatic carbocycles. The number of hydrogen-bond acceptors (Lipinski definition) is 6. The van der Waals surface area contributed by atoms with Crippen LogP contribution in [0.1, 0.15) is 34.9 Å². The van der Waals surface area contributed by atoms with Crippen molar-refractivity contribution in [2.24, 2.45) is 0 Å². The van der Waals surface area contributed by atoms with Crippen molar-refractivity contribution >= 4 is 55.0 Å². The number of hydrogen-bond donors (Lipinski definition) is 0. The predicted molar refractivity (Wildman–Crippen MR) is 206 cm³/mol. The third-order valence-corrected chi connectivity index (χ3v) is 9.92. The monoisotopic (exact) mass is 668 g/mol. The van der Waals surface area contributed by atoms with E-state index in [1.165, 1.54) is 11.1 Å². The molecule has 0 N–H and O–H groups in total. The fraction of sp³-hybridized carbons (Fsp3) is 0.0435. The van der Waals surface area contributed by atoms with E-state index in [0.717, 1.165) is 72.6 Å². The zero-order valence-corrected chi connectivity index (χ0v) is 27.8. The number of rotatable bonds is 5. The van der Waals surface area contributed by atoms with Gasteiger partial charge in [0.05, 0.1) is 11.6 Å². The summed E-state index contributed by atoms with van der Waals surface area (Å²) >= 11 is 0. The van der Waals surface area contributed by atoms with Gasteiger partial charge in [-0.1, -0.05) is 84.9 Å². The Bertz CT molecular complexity index is 2940. The molecule has 6 heteroatoms. The van der Waals surface area contributed by atoms with Gasteiger partial charge in [0.1, 0.15) is 22.3 Å². The molecule has 0 bridgehead atoms. The van der Waals surface area contributed by atoms with Crippen LogP contribution in [0.4, 0.5) is 0 Å². The van der Waals surface area contributed by atoms with Crippen LogP contribution < -0.4 is 0 Å². The molecule has 9 aromatic rings. The van der Waals surface area contributed by atoms with Crippen LogP contribution in [0.15, 0.2) is 161 Å². The Labute approximate surface area is 298 Å². The minimum absolute atomic E-state index is 0.0279. The Hall–Kier alpha value is -7.10. The number of benzene rings is 6. The van der Waals surface area contributed by atoms with E-state index >= 15 is 0 Å². The third kappa shape index (κ3) is 5.15. The van der Waals surface area contributed by atoms with Crippen LogP contribution in [0.5, 0.6) is 0 Å². The fourth-order valence-corrected chi connectivity index (χ4v) is 7.31. The number of fused-ring (bicyclic) bond motifs is 6. The van der Waals surface area contributed by atoms with Crippen LogP contribution in [0.2, 0.25) is 0 Å². The summed E-state index contributed by atoms with van der Waals surface area (Å²) in [6.07, 6.45) is 5.29. The molecule has 0 saturated carbocycles. The van der Waals surface area contributed by atoms with Crippen molar-refractivity contribution < 1.29 is 8.83 Å². The molecule has 3 aromatic heterocycles. The average Bonchev–Trinajstić information content (AvgIpc) is 3.78. The fourth-order valence-electron chi connectivity index (χ4n) is 7.31. The second kappa shape index (κ2) is 12.0. The number of furan rings is 2. The first-order valence-corrected chi connectivity index (χ1v) is 17.2. The lowest BCUT2D eigenvalue weighted by molar-refractivity contribution is 0.668. The van der Waals surface area contributed by atoms with Crippen molar-refractivity contribution in [2.75, 3.05) is 0 Å². The van der Waals surface area contributed by atoms with Gasteiger partial charge in [0.25, 0.3) is 0 Å². The smallest absolute Gasteiger partial charge is 0.164 e. The highest BCUT2D eigenvalue weighted by Gasteiger charge is 2.24. The first-order valence-electron chi connectivity index (χ1n) is 17.2. The summed E-state index contributed by atoms with van der Waals surface area (Å²) in [6, 6.07) is 48.9. The van der Waals surface area contributed by atoms with Gasteiger partial charge in [-0.2, -0.15) is 5.26 Å². The molecule has 0 spiro atoms. The summed E-state index contributed by atoms with van der Waals surface area (Å²) < 4.78 is 12.4. The van der Waals surface area contributed by atoms with Gasteiger partial charge in [-0.05, 0) is 89.9 Å². The molecule has 0 amide bonds. The zero-order chi connectivity index (χ0) is 34.6. The van der Waals surface area contributed by atoms with Crippen molar-refractivity contribution in [1.29, 1.82) is 5.26 Å². The van der Waals surface area contributed by atoms with Crippen LogP contribution >= 0.6 is 0 Å². The van der Waals surface area contributed by atoms with E-state index in [0.29, 0.717) is 23.0 Å². The molecule has 6 nitrogen and oxygen atoms in total. The molecule has 0 aliphatic heterocycles. The van der Waals surface area contributed by atoms with E-state index in [-0.39, 0.29) is 5.92 Å². The van der Waals surface area contributed by atoms with E-state index in [1.807, 2.05) is 72.8 Å². The molecule has 1 aliphatic rings. The summed E-state index contributed by atoms with van der Waals surface area (Å²) in [4.78, 5) is 15.1. The maximum absolute atomic E-state index is 9.42. The maximum Gasteiger partial charge on any atom is 0.164 e. The lowest BCUT2D eigenvalue weighted by atomic mass is 9.82. The van der Waals surface area contributed by atoms with Crippen molar-refractivity contribution in [3.8, 4) is 28.8 Å². The lowest BCUT2D eigenvalue weighted by Crippen LogP contribution is -2.08. The molecule has 10 rings (SSSR count). The Morgan fingerprint density at radius 1 is 0.519 bits per heavy atom. The number of aromatic nitrogens is 3. The molecule has 6 aromatic carbocycles. The van der Waals surface area contributed by atoms with Crippen LogP contribution in [0.3, 0.4) is 0 Å². The Kier molecular flexibility index (Phi) is 6.90. The number of nitriles is 1. The minimum atomic E-state index is 0.0279. The van der Waals surface area contributed by atoms with Crippen LogP contribution in [-0.2, 0) is 0 Å². The van der Waals surface area contributed by atoms with Crippen molar-refractivity contribution in [2.45, 2.75) is 12.3 Å². The molecular formula is C46H28N4O2. The quantitative estimate of drug-likeness (QED) is 0.181. The topological polar surface area (TPSA) is 88.7 Å². The minimum Gasteiger partial charge on any atom is -0.456 e. The van der Waals surface area contributed by atoms with E-state index in [1.54, 1.807) is 12.1 Å². The van der Waals surface area contributed by atoms with Gasteiger partial charge in [0, 0.05) is 44.2 Å². The highest BCUT2D eigenvalue weighted by molar-refractivity contribution is 6.07. The summed E-state index contributed by atoms with van der Waals surface area (Å²) in [5, 5.41) is 13.8. The zero-order valence-electron chi connectivity index (χ0n) is 27.8. The van der Waals surface area contributed by atoms with Crippen LogP contribution in [0, 0.1) is 11.3 Å². The summed E-state index contributed by atoms with van der Waals surface area (Å²) in [6.45, 7) is 0. The van der Waals surface area contributed by atoms with E-state index in [2.05, 4.69) is 72.8 Å². The van der Waals surface area contributed by atoms with Crippen LogP contribution in [-0.4, -0.2) is 15.0 Å². The molecule has 52 heavy (non-hydrogen) atoms. The van der Waals surface area contributed by atoms with Crippen molar-refractivity contribution in [1.82, 2.24) is 15.0 Å². The van der Waals surface area contributed by atoms with E-state index in [9.17, 15) is 5.26 Å². The van der Waals surface area contributed by atoms with Gasteiger partial charge in [-0.15, -0.1) is 0 Å². The normalized spacial score (nSPS) is 14.5. The SMILES string of the molecule is N#Cc1ccc(-c2nc(C3=CC(c4ccc5oc6ccccc6c5c4)CC(c4ccc5oc6ccccc6c5c4)=C3)nc(-c3ccccc3)n2)cc1. The van der Waals surface area contributed by atoms with E-state index < -0.39 is 0 Å². The second-order valence-corrected chi connectivity index (χ2v) is 13.1. The number of allylic oxidation sites excluding steroid dienone is 4. The molecular weight excluding hydrogens is 641 g/mol. The van der Waals surface area contributed by atoms with Gasteiger partial charge >= 0.3 is 0 Å². The van der Waals surface area contributed by atoms with Crippen LogP contribution in [0.25, 0.3) is 77.8 Å². The molecule has 0 saturated heterocycles. The second-order valence-electron chi connectivity index (χ2n) is 13.1. The molecule has 244 valence electrons. The molecule has 1 atom stereocenters. The Balaban J connectivity index is 1.16. The predicted octanol–water partition coefficient (Wildman–Crippen LogP) is 11.5. The lowest BCUT2D eigenvalue weighted by Gasteiger charge is -2.23. The first kappa shape index (κ1) is 29.8. The highest BCUT2D eigenvalue weighted by Crippen LogP contribution is 2.42. The summed E-state index contributed by atoms with van der Waals surface area (Å²) in [5.74, 6) is 1.74. The van der Waals surface area contributed by atoms with Gasteiger partial charge in [-0.25, -0.2) is 15.0 Å². The van der Waals surface area contributed by atoms with Gasteiger partial charge in [0.2, 0.25) is 0 Å². The summed E-state index contributed by atoms with van der Waals surface area (Å²) in [7, 11) is 0. The van der Waals surface area contributed by atoms with Gasteiger partial charge in [-0.3, -0.25) is 0 Å².